The number of carbonyl (C=O) groups is 3. The third kappa shape index (κ3) is 8.87. The number of hydrogen-bond acceptors (Lipinski definition) is 5. The molecule has 1 aliphatic heterocycles. The molecule has 50 heavy (non-hydrogen) atoms. The number of nitrogens with one attached hydrogen (secondary N) is 2. The molecule has 1 unspecified atom stereocenters. The molecule has 0 spiro atoms. The van der Waals surface area contributed by atoms with Crippen LogP contribution in [0.2, 0.25) is 0 Å². The Balaban J connectivity index is 1.40. The highest BCUT2D eigenvalue weighted by Gasteiger charge is 2.47. The summed E-state index contributed by atoms with van der Waals surface area (Å²) < 4.78 is 64.1. The summed E-state index contributed by atoms with van der Waals surface area (Å²) in [7, 11) is 0. The number of halogens is 4. The highest BCUT2D eigenvalue weighted by atomic mass is 19.4. The minimum atomic E-state index is -4.63. The Morgan fingerprint density at radius 2 is 1.54 bits per heavy atom. The van der Waals surface area contributed by atoms with Crippen molar-refractivity contribution in [3.05, 3.63) is 47.5 Å². The van der Waals surface area contributed by atoms with Gasteiger partial charge in [0.2, 0.25) is 11.8 Å². The van der Waals surface area contributed by atoms with Crippen molar-refractivity contribution in [1.82, 2.24) is 20.0 Å². The standard InChI is InChI=1S/C37H51F4N5O4/c1-23(2)46-30(16-18-42-46)34(47)44-33(32(25-10-6-4-7-11-25)26-12-8-5-9-13-26)35(48)43-29-15-14-27(22-28(29)38)24(3)36(49)45-19-21-50-20-17-31(45)37(39,40)41/h14-16,18,22-26,31-33H,4-13,17,19-21H2,1-3H3,(H,43,48)(H,44,47)/t24-,31?,33-/m0/s1. The lowest BCUT2D eigenvalue weighted by molar-refractivity contribution is -0.189. The van der Waals surface area contributed by atoms with Crippen LogP contribution in [0.3, 0.4) is 0 Å². The molecule has 276 valence electrons. The van der Waals surface area contributed by atoms with Crippen LogP contribution in [0.25, 0.3) is 0 Å². The molecule has 5 rings (SSSR count). The van der Waals surface area contributed by atoms with Crippen LogP contribution in [0.1, 0.15) is 119 Å². The van der Waals surface area contributed by atoms with Crippen LogP contribution < -0.4 is 10.6 Å². The summed E-state index contributed by atoms with van der Waals surface area (Å²) in [4.78, 5) is 42.3. The zero-order chi connectivity index (χ0) is 36.0. The lowest BCUT2D eigenvalue weighted by Gasteiger charge is -2.42. The van der Waals surface area contributed by atoms with Crippen LogP contribution in [0.15, 0.2) is 30.5 Å². The van der Waals surface area contributed by atoms with Crippen molar-refractivity contribution in [2.75, 3.05) is 25.1 Å². The number of aromatic nitrogens is 2. The van der Waals surface area contributed by atoms with Gasteiger partial charge in [-0.05, 0) is 68.7 Å². The second kappa shape index (κ2) is 16.7. The second-order valence-electron chi connectivity index (χ2n) is 14.5. The Kier molecular flexibility index (Phi) is 12.6. The third-order valence-electron chi connectivity index (χ3n) is 10.9. The van der Waals surface area contributed by atoms with E-state index in [0.29, 0.717) is 5.69 Å². The molecule has 2 aromatic rings. The Labute approximate surface area is 291 Å². The summed E-state index contributed by atoms with van der Waals surface area (Å²) >= 11 is 0. The molecule has 2 N–H and O–H groups in total. The van der Waals surface area contributed by atoms with E-state index in [-0.39, 0.29) is 61.2 Å². The highest BCUT2D eigenvalue weighted by molar-refractivity contribution is 6.01. The SMILES string of the molecule is CC(C)n1nccc1C(=O)N[C@H](C(=O)Nc1ccc([C@H](C)C(=O)N2CCOCCC2C(F)(F)F)cc1F)C(C1CCCCC1)C1CCCCC1. The maximum absolute atomic E-state index is 15.8. The molecule has 0 bridgehead atoms. The molecule has 3 aliphatic rings. The van der Waals surface area contributed by atoms with Gasteiger partial charge in [0, 0.05) is 25.4 Å². The molecule has 0 radical (unpaired) electrons. The summed E-state index contributed by atoms with van der Waals surface area (Å²) in [6.45, 7) is 4.91. The van der Waals surface area contributed by atoms with Crippen molar-refractivity contribution in [1.29, 1.82) is 0 Å². The molecule has 3 atom stereocenters. The maximum atomic E-state index is 15.8. The van der Waals surface area contributed by atoms with Crippen molar-refractivity contribution < 1.29 is 36.7 Å². The lowest BCUT2D eigenvalue weighted by atomic mass is 9.66. The number of nitrogens with zero attached hydrogens (tertiary/aromatic N) is 3. The average Bonchev–Trinajstić information content (AvgIpc) is 3.46. The minimum absolute atomic E-state index is 0.0232. The van der Waals surface area contributed by atoms with Crippen molar-refractivity contribution in [3.8, 4) is 0 Å². The fraction of sp³-hybridized carbons (Fsp3) is 0.676. The number of rotatable bonds is 10. The molecule has 2 saturated carbocycles. The van der Waals surface area contributed by atoms with E-state index in [1.807, 2.05) is 13.8 Å². The summed E-state index contributed by atoms with van der Waals surface area (Å²) in [6, 6.07) is 2.48. The van der Waals surface area contributed by atoms with Gasteiger partial charge in [-0.15, -0.1) is 0 Å². The van der Waals surface area contributed by atoms with Gasteiger partial charge in [-0.25, -0.2) is 4.39 Å². The van der Waals surface area contributed by atoms with E-state index < -0.39 is 47.7 Å². The summed E-state index contributed by atoms with van der Waals surface area (Å²) in [6.07, 6.45) is 6.85. The van der Waals surface area contributed by atoms with Gasteiger partial charge in [0.05, 0.1) is 18.2 Å². The van der Waals surface area contributed by atoms with Crippen LogP contribution in [0.4, 0.5) is 23.2 Å². The predicted molar refractivity (Wildman–Crippen MR) is 181 cm³/mol. The average molecular weight is 706 g/mol. The number of ether oxygens (including phenoxy) is 1. The number of alkyl halides is 3. The van der Waals surface area contributed by atoms with Gasteiger partial charge >= 0.3 is 6.18 Å². The Morgan fingerprint density at radius 3 is 2.12 bits per heavy atom. The van der Waals surface area contributed by atoms with Crippen molar-refractivity contribution in [2.24, 2.45) is 17.8 Å². The summed E-state index contributed by atoms with van der Waals surface area (Å²) in [5.41, 5.74) is 0.389. The Hall–Kier alpha value is -3.48. The van der Waals surface area contributed by atoms with Crippen molar-refractivity contribution >= 4 is 23.4 Å². The van der Waals surface area contributed by atoms with Gasteiger partial charge in [0.25, 0.3) is 5.91 Å². The molecule has 3 fully saturated rings. The number of carbonyl (C=O) groups excluding carboxylic acids is 3. The van der Waals surface area contributed by atoms with Crippen LogP contribution in [0, 0.1) is 23.6 Å². The van der Waals surface area contributed by atoms with Crippen LogP contribution in [-0.2, 0) is 14.3 Å². The Bertz CT molecular complexity index is 1450. The topological polar surface area (TPSA) is 106 Å². The normalized spacial score (nSPS) is 21.1. The zero-order valence-electron chi connectivity index (χ0n) is 29.3. The molecule has 13 heteroatoms. The number of benzene rings is 1. The fourth-order valence-corrected chi connectivity index (χ4v) is 8.30. The maximum Gasteiger partial charge on any atom is 0.408 e. The van der Waals surface area contributed by atoms with Gasteiger partial charge in [-0.2, -0.15) is 18.3 Å². The van der Waals surface area contributed by atoms with E-state index in [1.54, 1.807) is 16.9 Å². The molecule has 2 aliphatic carbocycles. The van der Waals surface area contributed by atoms with Crippen LogP contribution >= 0.6 is 0 Å². The van der Waals surface area contributed by atoms with Gasteiger partial charge in [0.15, 0.2) is 0 Å². The molecule has 1 saturated heterocycles. The molecule has 9 nitrogen and oxygen atoms in total. The zero-order valence-corrected chi connectivity index (χ0v) is 29.3. The number of hydrogen-bond donors (Lipinski definition) is 2. The first-order valence-electron chi connectivity index (χ1n) is 18.3. The van der Waals surface area contributed by atoms with Gasteiger partial charge < -0.3 is 20.3 Å². The Morgan fingerprint density at radius 1 is 0.900 bits per heavy atom. The predicted octanol–water partition coefficient (Wildman–Crippen LogP) is 7.40. The van der Waals surface area contributed by atoms with E-state index >= 15 is 4.39 Å². The highest BCUT2D eigenvalue weighted by Crippen LogP contribution is 2.42. The molecular formula is C37H51F4N5O4. The van der Waals surface area contributed by atoms with Gasteiger partial charge in [-0.3, -0.25) is 19.1 Å². The van der Waals surface area contributed by atoms with Crippen LogP contribution in [0.5, 0.6) is 0 Å². The van der Waals surface area contributed by atoms with E-state index in [0.717, 1.165) is 75.2 Å². The molecular weight excluding hydrogens is 654 g/mol. The first kappa shape index (κ1) is 37.8. The second-order valence-corrected chi connectivity index (χ2v) is 14.5. The van der Waals surface area contributed by atoms with E-state index in [9.17, 15) is 27.6 Å². The number of amides is 3. The van der Waals surface area contributed by atoms with Gasteiger partial charge in [-0.1, -0.05) is 70.3 Å². The molecule has 1 aromatic carbocycles. The molecule has 1 aromatic heterocycles. The quantitative estimate of drug-likeness (QED) is 0.251. The molecule has 3 amide bonds. The number of anilines is 1. The van der Waals surface area contributed by atoms with E-state index in [1.165, 1.54) is 19.1 Å². The van der Waals surface area contributed by atoms with Crippen LogP contribution in [-0.4, -0.2) is 70.4 Å². The summed E-state index contributed by atoms with van der Waals surface area (Å²) in [5, 5.41) is 10.1. The lowest BCUT2D eigenvalue weighted by Crippen LogP contribution is -2.53. The monoisotopic (exact) mass is 705 g/mol. The smallest absolute Gasteiger partial charge is 0.380 e. The van der Waals surface area contributed by atoms with E-state index in [2.05, 4.69) is 15.7 Å². The molecule has 2 heterocycles. The fourth-order valence-electron chi connectivity index (χ4n) is 8.30. The first-order chi connectivity index (χ1) is 23.9. The minimum Gasteiger partial charge on any atom is -0.380 e. The van der Waals surface area contributed by atoms with E-state index in [4.69, 9.17) is 4.74 Å². The van der Waals surface area contributed by atoms with Crippen molar-refractivity contribution in [3.63, 3.8) is 0 Å². The van der Waals surface area contributed by atoms with Crippen molar-refractivity contribution in [2.45, 2.75) is 122 Å². The largest absolute Gasteiger partial charge is 0.408 e. The first-order valence-corrected chi connectivity index (χ1v) is 18.3. The van der Waals surface area contributed by atoms with Gasteiger partial charge in [0.1, 0.15) is 23.6 Å². The third-order valence-corrected chi connectivity index (χ3v) is 10.9. The summed E-state index contributed by atoms with van der Waals surface area (Å²) in [5.74, 6) is -3.32.